The van der Waals surface area contributed by atoms with Gasteiger partial charge in [0.15, 0.2) is 0 Å². The Labute approximate surface area is 120 Å². The Bertz CT molecular complexity index is 456. The molecule has 5 heteroatoms. The zero-order valence-corrected chi connectivity index (χ0v) is 12.9. The van der Waals surface area contributed by atoms with Crippen molar-refractivity contribution in [2.75, 3.05) is 20.2 Å². The van der Waals surface area contributed by atoms with Gasteiger partial charge in [-0.15, -0.1) is 0 Å². The molecule has 0 saturated carbocycles. The SMILES string of the molecule is COC(=O)[C@@H]1CCN(Cc2cnn(C(C)C)c2)C[C@@H]1C. The molecule has 2 rings (SSSR count). The molecule has 1 saturated heterocycles. The number of hydrogen-bond donors (Lipinski definition) is 0. The quantitative estimate of drug-likeness (QED) is 0.792. The first kappa shape index (κ1) is 15.0. The average Bonchev–Trinajstić information content (AvgIpc) is 2.87. The molecule has 0 aliphatic carbocycles. The largest absolute Gasteiger partial charge is 0.469 e. The summed E-state index contributed by atoms with van der Waals surface area (Å²) in [4.78, 5) is 14.1. The van der Waals surface area contributed by atoms with E-state index in [0.29, 0.717) is 12.0 Å². The van der Waals surface area contributed by atoms with Crippen LogP contribution < -0.4 is 0 Å². The summed E-state index contributed by atoms with van der Waals surface area (Å²) in [5.74, 6) is 0.329. The fourth-order valence-electron chi connectivity index (χ4n) is 2.88. The number of aromatic nitrogens is 2. The van der Waals surface area contributed by atoms with Gasteiger partial charge >= 0.3 is 5.97 Å². The van der Waals surface area contributed by atoms with Crippen molar-refractivity contribution in [3.8, 4) is 0 Å². The topological polar surface area (TPSA) is 47.4 Å². The van der Waals surface area contributed by atoms with Gasteiger partial charge in [-0.3, -0.25) is 14.4 Å². The van der Waals surface area contributed by atoms with Gasteiger partial charge < -0.3 is 4.74 Å². The van der Waals surface area contributed by atoms with Crippen LogP contribution in [0.1, 0.15) is 38.8 Å². The Morgan fingerprint density at radius 1 is 1.55 bits per heavy atom. The van der Waals surface area contributed by atoms with E-state index in [9.17, 15) is 4.79 Å². The highest BCUT2D eigenvalue weighted by Gasteiger charge is 2.31. The average molecular weight is 279 g/mol. The number of nitrogens with zero attached hydrogens (tertiary/aromatic N) is 3. The summed E-state index contributed by atoms with van der Waals surface area (Å²) in [6.45, 7) is 9.17. The van der Waals surface area contributed by atoms with E-state index >= 15 is 0 Å². The number of esters is 1. The van der Waals surface area contributed by atoms with Crippen LogP contribution in [0.25, 0.3) is 0 Å². The van der Waals surface area contributed by atoms with Gasteiger partial charge in [-0.2, -0.15) is 5.10 Å². The Balaban J connectivity index is 1.91. The Kier molecular flexibility index (Phi) is 4.81. The molecule has 0 amide bonds. The predicted octanol–water partition coefficient (Wildman–Crippen LogP) is 2.09. The maximum Gasteiger partial charge on any atom is 0.309 e. The molecule has 0 unspecified atom stereocenters. The molecule has 20 heavy (non-hydrogen) atoms. The van der Waals surface area contributed by atoms with E-state index in [1.807, 2.05) is 10.9 Å². The summed E-state index contributed by atoms with van der Waals surface area (Å²) >= 11 is 0. The third-order valence-corrected chi connectivity index (χ3v) is 4.08. The van der Waals surface area contributed by atoms with Crippen LogP contribution in [0.4, 0.5) is 0 Å². The third-order valence-electron chi connectivity index (χ3n) is 4.08. The molecule has 0 N–H and O–H groups in total. The van der Waals surface area contributed by atoms with Crippen LogP contribution in [0.15, 0.2) is 12.4 Å². The highest BCUT2D eigenvalue weighted by atomic mass is 16.5. The molecule has 112 valence electrons. The first-order valence-corrected chi connectivity index (χ1v) is 7.34. The van der Waals surface area contributed by atoms with Crippen molar-refractivity contribution in [2.45, 2.75) is 39.8 Å². The standard InChI is InChI=1S/C15H25N3O2/c1-11(2)18-10-13(7-16-18)9-17-6-5-14(12(3)8-17)15(19)20-4/h7,10-12,14H,5-6,8-9H2,1-4H3/t12-,14+/m0/s1. The monoisotopic (exact) mass is 279 g/mol. The number of likely N-dealkylation sites (tertiary alicyclic amines) is 1. The van der Waals surface area contributed by atoms with E-state index in [4.69, 9.17) is 4.74 Å². The summed E-state index contributed by atoms with van der Waals surface area (Å²) in [6, 6.07) is 0.396. The number of carbonyl (C=O) groups is 1. The van der Waals surface area contributed by atoms with Gasteiger partial charge in [-0.1, -0.05) is 6.92 Å². The third kappa shape index (κ3) is 3.39. The molecule has 5 nitrogen and oxygen atoms in total. The number of ether oxygens (including phenoxy) is 1. The molecule has 0 radical (unpaired) electrons. The second-order valence-electron chi connectivity index (χ2n) is 6.05. The van der Waals surface area contributed by atoms with Crippen LogP contribution in [0, 0.1) is 11.8 Å². The summed E-state index contributed by atoms with van der Waals surface area (Å²) in [5.41, 5.74) is 1.24. The molecule has 2 atom stereocenters. The molecule has 1 aliphatic heterocycles. The second kappa shape index (κ2) is 6.39. The van der Waals surface area contributed by atoms with Crippen molar-refractivity contribution in [1.82, 2.24) is 14.7 Å². The fraction of sp³-hybridized carbons (Fsp3) is 0.733. The molecule has 1 aromatic rings. The summed E-state index contributed by atoms with van der Waals surface area (Å²) in [5, 5.41) is 4.37. The van der Waals surface area contributed by atoms with Gasteiger partial charge in [0.25, 0.3) is 0 Å². The number of piperidine rings is 1. The van der Waals surface area contributed by atoms with Crippen LogP contribution in [-0.2, 0) is 16.1 Å². The smallest absolute Gasteiger partial charge is 0.309 e. The van der Waals surface area contributed by atoms with E-state index < -0.39 is 0 Å². The number of methoxy groups -OCH3 is 1. The minimum absolute atomic E-state index is 0.0506. The molecule has 0 bridgehead atoms. The molecule has 1 fully saturated rings. The van der Waals surface area contributed by atoms with E-state index in [2.05, 4.69) is 37.0 Å². The highest BCUT2D eigenvalue weighted by molar-refractivity contribution is 5.72. The lowest BCUT2D eigenvalue weighted by Crippen LogP contribution is -2.41. The maximum absolute atomic E-state index is 11.7. The van der Waals surface area contributed by atoms with Crippen molar-refractivity contribution >= 4 is 5.97 Å². The van der Waals surface area contributed by atoms with Crippen LogP contribution >= 0.6 is 0 Å². The van der Waals surface area contributed by atoms with Gasteiger partial charge in [0.2, 0.25) is 0 Å². The minimum atomic E-state index is -0.0650. The predicted molar refractivity (Wildman–Crippen MR) is 77.2 cm³/mol. The molecule has 2 heterocycles. The van der Waals surface area contributed by atoms with Crippen LogP contribution in [0.5, 0.6) is 0 Å². The highest BCUT2D eigenvalue weighted by Crippen LogP contribution is 2.25. The van der Waals surface area contributed by atoms with E-state index in [1.165, 1.54) is 12.7 Å². The Morgan fingerprint density at radius 3 is 2.85 bits per heavy atom. The van der Waals surface area contributed by atoms with Crippen molar-refractivity contribution in [1.29, 1.82) is 0 Å². The maximum atomic E-state index is 11.7. The Hall–Kier alpha value is -1.36. The lowest BCUT2D eigenvalue weighted by atomic mass is 9.87. The van der Waals surface area contributed by atoms with Crippen molar-refractivity contribution in [3.05, 3.63) is 18.0 Å². The summed E-state index contributed by atoms with van der Waals surface area (Å²) < 4.78 is 6.86. The normalized spacial score (nSPS) is 24.1. The molecular weight excluding hydrogens is 254 g/mol. The van der Waals surface area contributed by atoms with Crippen molar-refractivity contribution < 1.29 is 9.53 Å². The fourth-order valence-corrected chi connectivity index (χ4v) is 2.88. The molecule has 0 aromatic carbocycles. The van der Waals surface area contributed by atoms with E-state index in [1.54, 1.807) is 0 Å². The van der Waals surface area contributed by atoms with Crippen LogP contribution in [0.2, 0.25) is 0 Å². The van der Waals surface area contributed by atoms with Crippen LogP contribution in [0.3, 0.4) is 0 Å². The first-order valence-electron chi connectivity index (χ1n) is 7.34. The van der Waals surface area contributed by atoms with Gasteiger partial charge in [0.05, 0.1) is 19.2 Å². The van der Waals surface area contributed by atoms with Gasteiger partial charge in [-0.25, -0.2) is 0 Å². The van der Waals surface area contributed by atoms with Gasteiger partial charge in [-0.05, 0) is 32.7 Å². The minimum Gasteiger partial charge on any atom is -0.469 e. The van der Waals surface area contributed by atoms with E-state index in [0.717, 1.165) is 26.1 Å². The molecular formula is C15H25N3O2. The van der Waals surface area contributed by atoms with E-state index in [-0.39, 0.29) is 11.9 Å². The van der Waals surface area contributed by atoms with Gasteiger partial charge in [0.1, 0.15) is 0 Å². The zero-order chi connectivity index (χ0) is 14.7. The molecule has 1 aromatic heterocycles. The van der Waals surface area contributed by atoms with Crippen molar-refractivity contribution in [2.24, 2.45) is 11.8 Å². The number of hydrogen-bond acceptors (Lipinski definition) is 4. The zero-order valence-electron chi connectivity index (χ0n) is 12.9. The Morgan fingerprint density at radius 2 is 2.30 bits per heavy atom. The van der Waals surface area contributed by atoms with Crippen LogP contribution in [-0.4, -0.2) is 40.8 Å². The number of rotatable bonds is 4. The number of carbonyl (C=O) groups excluding carboxylic acids is 1. The summed E-state index contributed by atoms with van der Waals surface area (Å²) in [6.07, 6.45) is 4.94. The van der Waals surface area contributed by atoms with Crippen molar-refractivity contribution in [3.63, 3.8) is 0 Å². The first-order chi connectivity index (χ1) is 9.51. The molecule has 1 aliphatic rings. The molecule has 0 spiro atoms. The summed E-state index contributed by atoms with van der Waals surface area (Å²) in [7, 11) is 1.47. The van der Waals surface area contributed by atoms with Gasteiger partial charge in [0, 0.05) is 30.9 Å². The second-order valence-corrected chi connectivity index (χ2v) is 6.05. The lowest BCUT2D eigenvalue weighted by Gasteiger charge is -2.35. The lowest BCUT2D eigenvalue weighted by molar-refractivity contribution is -0.149.